The molecular formula is C23H28N2O2. The summed E-state index contributed by atoms with van der Waals surface area (Å²) >= 11 is 0. The predicted octanol–water partition coefficient (Wildman–Crippen LogP) is 4.27. The van der Waals surface area contributed by atoms with E-state index in [1.807, 2.05) is 62.1 Å². The number of hydrogen-bond acceptors (Lipinski definition) is 2. The molecule has 0 aromatic heterocycles. The minimum atomic E-state index is -0.303. The average molecular weight is 364 g/mol. The molecule has 1 fully saturated rings. The molecule has 0 bridgehead atoms. The van der Waals surface area contributed by atoms with Crippen molar-refractivity contribution >= 4 is 23.2 Å². The summed E-state index contributed by atoms with van der Waals surface area (Å²) in [6.07, 6.45) is 1.14. The average Bonchev–Trinajstić information content (AvgIpc) is 3.03. The highest BCUT2D eigenvalue weighted by atomic mass is 16.2. The van der Waals surface area contributed by atoms with Gasteiger partial charge in [-0.1, -0.05) is 37.3 Å². The lowest BCUT2D eigenvalue weighted by atomic mass is 10.0. The van der Waals surface area contributed by atoms with Crippen molar-refractivity contribution in [3.8, 4) is 0 Å². The van der Waals surface area contributed by atoms with Crippen molar-refractivity contribution in [2.75, 3.05) is 22.9 Å². The Labute approximate surface area is 161 Å². The largest absolute Gasteiger partial charge is 0.312 e. The Balaban J connectivity index is 1.86. The molecule has 1 atom stereocenters. The fourth-order valence-electron chi connectivity index (χ4n) is 3.96. The summed E-state index contributed by atoms with van der Waals surface area (Å²) < 4.78 is 0. The lowest BCUT2D eigenvalue weighted by Crippen LogP contribution is -2.37. The van der Waals surface area contributed by atoms with E-state index in [0.717, 1.165) is 34.5 Å². The van der Waals surface area contributed by atoms with E-state index in [0.29, 0.717) is 13.1 Å². The number of carbonyl (C=O) groups excluding carboxylic acids is 2. The van der Waals surface area contributed by atoms with Crippen LogP contribution in [0.25, 0.3) is 0 Å². The van der Waals surface area contributed by atoms with Gasteiger partial charge in [-0.05, 0) is 56.0 Å². The van der Waals surface area contributed by atoms with Crippen molar-refractivity contribution in [2.24, 2.45) is 5.92 Å². The van der Waals surface area contributed by atoms with Crippen LogP contribution in [0.2, 0.25) is 0 Å². The molecule has 2 amide bonds. The molecule has 1 saturated heterocycles. The van der Waals surface area contributed by atoms with Crippen LogP contribution in [0.5, 0.6) is 0 Å². The first-order valence-corrected chi connectivity index (χ1v) is 9.73. The van der Waals surface area contributed by atoms with Crippen LogP contribution in [0, 0.1) is 19.8 Å². The van der Waals surface area contributed by atoms with Gasteiger partial charge in [-0.25, -0.2) is 0 Å². The van der Waals surface area contributed by atoms with Crippen LogP contribution in [-0.4, -0.2) is 24.9 Å². The van der Waals surface area contributed by atoms with Gasteiger partial charge in [0.25, 0.3) is 0 Å². The van der Waals surface area contributed by atoms with Crippen molar-refractivity contribution in [3.63, 3.8) is 0 Å². The number of hydrogen-bond donors (Lipinski definition) is 0. The van der Waals surface area contributed by atoms with Gasteiger partial charge in [0.1, 0.15) is 0 Å². The number of para-hydroxylation sites is 1. The van der Waals surface area contributed by atoms with E-state index in [-0.39, 0.29) is 24.2 Å². The maximum absolute atomic E-state index is 13.2. The summed E-state index contributed by atoms with van der Waals surface area (Å²) in [5.74, 6) is -0.231. The van der Waals surface area contributed by atoms with Gasteiger partial charge in [-0.2, -0.15) is 0 Å². The maximum Gasteiger partial charge on any atom is 0.232 e. The second kappa shape index (κ2) is 7.95. The van der Waals surface area contributed by atoms with E-state index in [1.54, 1.807) is 4.90 Å². The monoisotopic (exact) mass is 364 g/mol. The second-order valence-electron chi connectivity index (χ2n) is 7.26. The summed E-state index contributed by atoms with van der Waals surface area (Å²) in [6.45, 7) is 9.17. The molecule has 4 nitrogen and oxygen atoms in total. The Hall–Kier alpha value is -2.62. The van der Waals surface area contributed by atoms with E-state index >= 15 is 0 Å². The van der Waals surface area contributed by atoms with Crippen molar-refractivity contribution in [3.05, 3.63) is 59.2 Å². The molecule has 142 valence electrons. The molecule has 0 radical (unpaired) electrons. The van der Waals surface area contributed by atoms with Crippen molar-refractivity contribution in [1.29, 1.82) is 0 Å². The Morgan fingerprint density at radius 3 is 2.56 bits per heavy atom. The van der Waals surface area contributed by atoms with Crippen LogP contribution in [0.4, 0.5) is 11.4 Å². The lowest BCUT2D eigenvalue weighted by molar-refractivity contribution is -0.124. The third-order valence-electron chi connectivity index (χ3n) is 5.34. The number of amides is 2. The Bertz CT molecular complexity index is 859. The quantitative estimate of drug-likeness (QED) is 0.795. The Morgan fingerprint density at radius 2 is 1.89 bits per heavy atom. The first kappa shape index (κ1) is 19.2. The normalized spacial score (nSPS) is 16.7. The van der Waals surface area contributed by atoms with Crippen LogP contribution < -0.4 is 9.80 Å². The molecule has 0 spiro atoms. The van der Waals surface area contributed by atoms with Gasteiger partial charge >= 0.3 is 0 Å². The topological polar surface area (TPSA) is 40.6 Å². The number of nitrogens with zero attached hydrogens (tertiary/aromatic N) is 2. The van der Waals surface area contributed by atoms with Crippen LogP contribution in [-0.2, 0) is 16.0 Å². The highest BCUT2D eigenvalue weighted by molar-refractivity contribution is 6.05. The molecular weight excluding hydrogens is 336 g/mol. The summed E-state index contributed by atoms with van der Waals surface area (Å²) in [6, 6.07) is 14.1. The highest BCUT2D eigenvalue weighted by Gasteiger charge is 2.38. The van der Waals surface area contributed by atoms with E-state index in [2.05, 4.69) is 13.0 Å². The third kappa shape index (κ3) is 3.75. The van der Waals surface area contributed by atoms with Crippen LogP contribution in [0.3, 0.4) is 0 Å². The number of aryl methyl sites for hydroxylation is 3. The summed E-state index contributed by atoms with van der Waals surface area (Å²) in [5.41, 5.74) is 5.25. The van der Waals surface area contributed by atoms with Gasteiger partial charge in [0.2, 0.25) is 11.8 Å². The molecule has 0 N–H and O–H groups in total. The van der Waals surface area contributed by atoms with Crippen LogP contribution in [0.15, 0.2) is 42.5 Å². The Morgan fingerprint density at radius 1 is 1.15 bits per heavy atom. The predicted molar refractivity (Wildman–Crippen MR) is 110 cm³/mol. The number of carbonyl (C=O) groups is 2. The zero-order valence-electron chi connectivity index (χ0n) is 16.7. The first-order chi connectivity index (χ1) is 13.0. The smallest absolute Gasteiger partial charge is 0.232 e. The molecule has 1 unspecified atom stereocenters. The first-order valence-electron chi connectivity index (χ1n) is 9.73. The molecule has 1 aliphatic rings. The van der Waals surface area contributed by atoms with E-state index in [4.69, 9.17) is 0 Å². The molecule has 4 heteroatoms. The van der Waals surface area contributed by atoms with Gasteiger partial charge in [0.15, 0.2) is 0 Å². The molecule has 1 aliphatic heterocycles. The second-order valence-corrected chi connectivity index (χ2v) is 7.26. The summed E-state index contributed by atoms with van der Waals surface area (Å²) in [4.78, 5) is 29.6. The summed E-state index contributed by atoms with van der Waals surface area (Å²) in [5, 5.41) is 0. The number of benzene rings is 2. The van der Waals surface area contributed by atoms with E-state index in [9.17, 15) is 9.59 Å². The van der Waals surface area contributed by atoms with Crippen molar-refractivity contribution in [1.82, 2.24) is 0 Å². The highest BCUT2D eigenvalue weighted by Crippen LogP contribution is 2.33. The van der Waals surface area contributed by atoms with Crippen molar-refractivity contribution < 1.29 is 9.59 Å². The zero-order valence-corrected chi connectivity index (χ0v) is 16.7. The van der Waals surface area contributed by atoms with Gasteiger partial charge in [-0.3, -0.25) is 9.59 Å². The molecule has 27 heavy (non-hydrogen) atoms. The molecule has 0 saturated carbocycles. The molecule has 0 aliphatic carbocycles. The van der Waals surface area contributed by atoms with Gasteiger partial charge in [0.05, 0.1) is 5.92 Å². The molecule has 1 heterocycles. The van der Waals surface area contributed by atoms with E-state index < -0.39 is 0 Å². The molecule has 2 aromatic carbocycles. The van der Waals surface area contributed by atoms with Gasteiger partial charge in [-0.15, -0.1) is 0 Å². The molecule has 2 aromatic rings. The van der Waals surface area contributed by atoms with Crippen molar-refractivity contribution in [2.45, 2.75) is 40.5 Å². The SMILES string of the molecule is CCc1cccc(C)c1N1CC(C(=O)N(CC)c2cccc(C)c2)CC1=O. The van der Waals surface area contributed by atoms with Crippen LogP contribution >= 0.6 is 0 Å². The fourth-order valence-corrected chi connectivity index (χ4v) is 3.96. The minimum Gasteiger partial charge on any atom is -0.312 e. The zero-order chi connectivity index (χ0) is 19.6. The standard InChI is InChI=1S/C23H28N2O2/c1-5-18-11-8-10-17(4)22(18)25-15-19(14-21(25)26)23(27)24(6-2)20-12-7-9-16(3)13-20/h7-13,19H,5-6,14-15H2,1-4H3. The number of rotatable bonds is 5. The van der Waals surface area contributed by atoms with Gasteiger partial charge < -0.3 is 9.80 Å². The number of anilines is 2. The fraction of sp³-hybridized carbons (Fsp3) is 0.391. The summed E-state index contributed by atoms with van der Waals surface area (Å²) in [7, 11) is 0. The van der Waals surface area contributed by atoms with Gasteiger partial charge in [0, 0.05) is 30.9 Å². The minimum absolute atomic E-state index is 0.0329. The Kier molecular flexibility index (Phi) is 5.64. The molecule has 3 rings (SSSR count). The van der Waals surface area contributed by atoms with E-state index in [1.165, 1.54) is 0 Å². The lowest BCUT2D eigenvalue weighted by Gasteiger charge is -2.25. The third-order valence-corrected chi connectivity index (χ3v) is 5.34. The maximum atomic E-state index is 13.2. The van der Waals surface area contributed by atoms with Crippen LogP contribution in [0.1, 0.15) is 37.0 Å².